The minimum atomic E-state index is -0.746. The van der Waals surface area contributed by atoms with Crippen LogP contribution in [0.5, 0.6) is 5.75 Å². The molecule has 0 aliphatic heterocycles. The Hall–Kier alpha value is -2.90. The van der Waals surface area contributed by atoms with Gasteiger partial charge in [-0.1, -0.05) is 6.07 Å². The number of benzene rings is 1. The van der Waals surface area contributed by atoms with Crippen molar-refractivity contribution in [3.8, 4) is 5.75 Å². The zero-order valence-corrected chi connectivity index (χ0v) is 11.5. The first-order chi connectivity index (χ1) is 9.91. The standard InChI is InChI=1S/C13H14N4O4/c1-8(2)16-11(6-7-14-16)15-13(19)9-4-3-5-10(12(9)18)17(20)21/h3-8,18H,1-2H3,(H,15,19). The second kappa shape index (κ2) is 5.61. The number of aromatic hydroxyl groups is 1. The summed E-state index contributed by atoms with van der Waals surface area (Å²) in [4.78, 5) is 22.2. The molecule has 0 fully saturated rings. The van der Waals surface area contributed by atoms with Gasteiger partial charge < -0.3 is 10.4 Å². The molecule has 0 spiro atoms. The molecule has 2 N–H and O–H groups in total. The van der Waals surface area contributed by atoms with Gasteiger partial charge in [-0.05, 0) is 19.9 Å². The molecule has 0 atom stereocenters. The van der Waals surface area contributed by atoms with Crippen molar-refractivity contribution in [3.05, 3.63) is 46.1 Å². The summed E-state index contributed by atoms with van der Waals surface area (Å²) in [5.74, 6) is -0.852. The van der Waals surface area contributed by atoms with Gasteiger partial charge in [-0.25, -0.2) is 4.68 Å². The molecular weight excluding hydrogens is 276 g/mol. The molecule has 1 aromatic carbocycles. The minimum absolute atomic E-state index is 0.0361. The third-order valence-electron chi connectivity index (χ3n) is 2.86. The predicted octanol–water partition coefficient (Wildman–Crippen LogP) is 2.33. The molecule has 2 aromatic rings. The van der Waals surface area contributed by atoms with E-state index in [1.807, 2.05) is 13.8 Å². The summed E-state index contributed by atoms with van der Waals surface area (Å²) >= 11 is 0. The highest BCUT2D eigenvalue weighted by molar-refractivity contribution is 6.06. The van der Waals surface area contributed by atoms with Gasteiger partial charge in [0.2, 0.25) is 5.75 Å². The fourth-order valence-electron chi connectivity index (χ4n) is 1.87. The van der Waals surface area contributed by atoms with Crippen molar-refractivity contribution < 1.29 is 14.8 Å². The van der Waals surface area contributed by atoms with Crippen molar-refractivity contribution in [1.29, 1.82) is 0 Å². The van der Waals surface area contributed by atoms with E-state index in [0.717, 1.165) is 6.07 Å². The summed E-state index contributed by atoms with van der Waals surface area (Å²) in [6.07, 6.45) is 1.53. The lowest BCUT2D eigenvalue weighted by Crippen LogP contribution is -2.17. The first kappa shape index (κ1) is 14.5. The molecule has 1 aromatic heterocycles. The smallest absolute Gasteiger partial charge is 0.311 e. The Balaban J connectivity index is 2.31. The molecule has 0 aliphatic rings. The number of para-hydroxylation sites is 1. The number of hydrogen-bond acceptors (Lipinski definition) is 5. The number of aromatic nitrogens is 2. The second-order valence-electron chi connectivity index (χ2n) is 4.64. The molecule has 0 saturated heterocycles. The van der Waals surface area contributed by atoms with Crippen LogP contribution in [0.1, 0.15) is 30.2 Å². The number of nitro groups is 1. The number of nitrogens with one attached hydrogen (secondary N) is 1. The third kappa shape index (κ3) is 2.83. The van der Waals surface area contributed by atoms with E-state index < -0.39 is 22.3 Å². The summed E-state index contributed by atoms with van der Waals surface area (Å²) < 4.78 is 1.59. The van der Waals surface area contributed by atoms with Crippen molar-refractivity contribution in [1.82, 2.24) is 9.78 Å². The van der Waals surface area contributed by atoms with Gasteiger partial charge in [0, 0.05) is 18.2 Å². The van der Waals surface area contributed by atoms with E-state index in [4.69, 9.17) is 0 Å². The molecule has 0 aliphatic carbocycles. The summed E-state index contributed by atoms with van der Waals surface area (Å²) in [5.41, 5.74) is -0.680. The van der Waals surface area contributed by atoms with E-state index in [0.29, 0.717) is 5.82 Å². The lowest BCUT2D eigenvalue weighted by molar-refractivity contribution is -0.385. The largest absolute Gasteiger partial charge is 0.502 e. The molecule has 1 heterocycles. The summed E-state index contributed by atoms with van der Waals surface area (Å²) in [6, 6.07) is 5.42. The van der Waals surface area contributed by atoms with E-state index in [-0.39, 0.29) is 11.6 Å². The number of anilines is 1. The van der Waals surface area contributed by atoms with Gasteiger partial charge >= 0.3 is 5.69 Å². The summed E-state index contributed by atoms with van der Waals surface area (Å²) in [7, 11) is 0. The third-order valence-corrected chi connectivity index (χ3v) is 2.86. The monoisotopic (exact) mass is 290 g/mol. The van der Waals surface area contributed by atoms with Crippen molar-refractivity contribution in [2.24, 2.45) is 0 Å². The highest BCUT2D eigenvalue weighted by Crippen LogP contribution is 2.29. The van der Waals surface area contributed by atoms with Gasteiger partial charge in [0.25, 0.3) is 5.91 Å². The number of phenolic OH excluding ortho intramolecular Hbond substituents is 1. The molecule has 2 rings (SSSR count). The first-order valence-electron chi connectivity index (χ1n) is 6.23. The average molecular weight is 290 g/mol. The number of hydrogen-bond donors (Lipinski definition) is 2. The Morgan fingerprint density at radius 2 is 2.14 bits per heavy atom. The van der Waals surface area contributed by atoms with Crippen LogP contribution in [-0.4, -0.2) is 25.7 Å². The number of nitro benzene ring substituents is 1. The maximum atomic E-state index is 12.1. The van der Waals surface area contributed by atoms with Crippen LogP contribution in [0.4, 0.5) is 11.5 Å². The normalized spacial score (nSPS) is 10.6. The van der Waals surface area contributed by atoms with Crippen LogP contribution < -0.4 is 5.32 Å². The lowest BCUT2D eigenvalue weighted by atomic mass is 10.1. The topological polar surface area (TPSA) is 110 Å². The Morgan fingerprint density at radius 1 is 1.43 bits per heavy atom. The number of nitrogens with zero attached hydrogens (tertiary/aromatic N) is 3. The highest BCUT2D eigenvalue weighted by Gasteiger charge is 2.21. The molecule has 0 unspecified atom stereocenters. The molecule has 0 radical (unpaired) electrons. The van der Waals surface area contributed by atoms with Gasteiger partial charge in [0.1, 0.15) is 5.82 Å². The maximum Gasteiger partial charge on any atom is 0.311 e. The van der Waals surface area contributed by atoms with Crippen LogP contribution in [0.15, 0.2) is 30.5 Å². The molecule has 0 saturated carbocycles. The lowest BCUT2D eigenvalue weighted by Gasteiger charge is -2.12. The fraction of sp³-hybridized carbons (Fsp3) is 0.231. The second-order valence-corrected chi connectivity index (χ2v) is 4.64. The van der Waals surface area contributed by atoms with Gasteiger partial charge in [0.15, 0.2) is 0 Å². The average Bonchev–Trinajstić information content (AvgIpc) is 2.86. The van der Waals surface area contributed by atoms with Crippen molar-refractivity contribution in [3.63, 3.8) is 0 Å². The van der Waals surface area contributed by atoms with Crippen molar-refractivity contribution >= 4 is 17.4 Å². The first-order valence-corrected chi connectivity index (χ1v) is 6.23. The van der Waals surface area contributed by atoms with Gasteiger partial charge in [0.05, 0.1) is 16.7 Å². The number of carbonyl (C=O) groups is 1. The van der Waals surface area contributed by atoms with E-state index in [1.165, 1.54) is 18.3 Å². The Morgan fingerprint density at radius 3 is 2.76 bits per heavy atom. The number of phenols is 1. The Labute approximate surface area is 120 Å². The zero-order valence-electron chi connectivity index (χ0n) is 11.5. The molecule has 1 amide bonds. The van der Waals surface area contributed by atoms with Crippen LogP contribution in [-0.2, 0) is 0 Å². The summed E-state index contributed by atoms with van der Waals surface area (Å²) in [5, 5.41) is 27.2. The van der Waals surface area contributed by atoms with E-state index >= 15 is 0 Å². The predicted molar refractivity (Wildman–Crippen MR) is 75.3 cm³/mol. The van der Waals surface area contributed by atoms with Gasteiger partial charge in [-0.15, -0.1) is 0 Å². The quantitative estimate of drug-likeness (QED) is 0.663. The molecular formula is C13H14N4O4. The Bertz CT molecular complexity index is 693. The number of amides is 1. The maximum absolute atomic E-state index is 12.1. The van der Waals surface area contributed by atoms with E-state index in [1.54, 1.807) is 10.7 Å². The fourth-order valence-corrected chi connectivity index (χ4v) is 1.87. The van der Waals surface area contributed by atoms with E-state index in [9.17, 15) is 20.0 Å². The Kier molecular flexibility index (Phi) is 3.88. The molecule has 0 bridgehead atoms. The molecule has 8 heteroatoms. The minimum Gasteiger partial charge on any atom is -0.502 e. The van der Waals surface area contributed by atoms with Crippen molar-refractivity contribution in [2.75, 3.05) is 5.32 Å². The summed E-state index contributed by atoms with van der Waals surface area (Å²) in [6.45, 7) is 3.79. The van der Waals surface area contributed by atoms with Crippen LogP contribution in [0.3, 0.4) is 0 Å². The van der Waals surface area contributed by atoms with Crippen LogP contribution in [0, 0.1) is 10.1 Å². The highest BCUT2D eigenvalue weighted by atomic mass is 16.6. The zero-order chi connectivity index (χ0) is 15.6. The van der Waals surface area contributed by atoms with Gasteiger partial charge in [-0.3, -0.25) is 14.9 Å². The molecule has 110 valence electrons. The van der Waals surface area contributed by atoms with Crippen molar-refractivity contribution in [2.45, 2.75) is 19.9 Å². The van der Waals surface area contributed by atoms with Crippen LogP contribution in [0.2, 0.25) is 0 Å². The van der Waals surface area contributed by atoms with E-state index in [2.05, 4.69) is 10.4 Å². The molecule has 8 nitrogen and oxygen atoms in total. The molecule has 21 heavy (non-hydrogen) atoms. The number of carbonyl (C=O) groups excluding carboxylic acids is 1. The SMILES string of the molecule is CC(C)n1nccc1NC(=O)c1cccc([N+](=O)[O-])c1O. The van der Waals surface area contributed by atoms with Crippen LogP contribution >= 0.6 is 0 Å². The number of rotatable bonds is 4. The van der Waals surface area contributed by atoms with Gasteiger partial charge in [-0.2, -0.15) is 5.10 Å². The van der Waals surface area contributed by atoms with Crippen LogP contribution in [0.25, 0.3) is 0 Å².